The molecule has 1 rings (SSSR count). The second kappa shape index (κ2) is 3.82. The molecule has 0 aromatic carbocycles. The van der Waals surface area contributed by atoms with Crippen LogP contribution in [0.25, 0.3) is 0 Å². The van der Waals surface area contributed by atoms with E-state index in [1.807, 2.05) is 12.1 Å². The second-order valence-electron chi connectivity index (χ2n) is 3.10. The van der Waals surface area contributed by atoms with E-state index >= 15 is 0 Å². The molecule has 0 aliphatic rings. The van der Waals surface area contributed by atoms with E-state index < -0.39 is 0 Å². The molecule has 1 aromatic heterocycles. The fourth-order valence-electron chi connectivity index (χ4n) is 1.01. The van der Waals surface area contributed by atoms with Crippen molar-refractivity contribution in [3.8, 4) is 0 Å². The number of halogens is 1. The normalized spacial score (nSPS) is 10.9. The quantitative estimate of drug-likeness (QED) is 0.639. The van der Waals surface area contributed by atoms with Crippen molar-refractivity contribution in [1.29, 1.82) is 0 Å². The van der Waals surface area contributed by atoms with Gasteiger partial charge in [0.2, 0.25) is 0 Å². The summed E-state index contributed by atoms with van der Waals surface area (Å²) in [5.74, 6) is 3.01. The Morgan fingerprint density at radius 3 is 2.45 bits per heavy atom. The standard InChI is InChI=1S/C9H13ClO/c1-7(2)5-8-3-4-9(6-10)11-8/h3-4,7H,5-6H2,1-2H3. The molecule has 0 fully saturated rings. The molecule has 0 atom stereocenters. The summed E-state index contributed by atoms with van der Waals surface area (Å²) in [6, 6.07) is 3.93. The van der Waals surface area contributed by atoms with Crippen LogP contribution in [0, 0.1) is 5.92 Å². The zero-order valence-electron chi connectivity index (χ0n) is 6.93. The third-order valence-corrected chi connectivity index (χ3v) is 1.72. The van der Waals surface area contributed by atoms with Crippen LogP contribution in [-0.4, -0.2) is 0 Å². The predicted octanol–water partition coefficient (Wildman–Crippen LogP) is 3.22. The van der Waals surface area contributed by atoms with Crippen LogP contribution in [0.3, 0.4) is 0 Å². The minimum Gasteiger partial charge on any atom is -0.465 e. The second-order valence-corrected chi connectivity index (χ2v) is 3.37. The van der Waals surface area contributed by atoms with Gasteiger partial charge in [0.1, 0.15) is 11.5 Å². The van der Waals surface area contributed by atoms with Gasteiger partial charge in [-0.1, -0.05) is 13.8 Å². The molecule has 0 unspecified atom stereocenters. The highest BCUT2D eigenvalue weighted by molar-refractivity contribution is 6.16. The van der Waals surface area contributed by atoms with E-state index in [0.717, 1.165) is 17.9 Å². The molecule has 0 bridgehead atoms. The smallest absolute Gasteiger partial charge is 0.118 e. The Kier molecular flexibility index (Phi) is 3.01. The molecule has 11 heavy (non-hydrogen) atoms. The Bertz CT molecular complexity index is 215. The Morgan fingerprint density at radius 1 is 1.36 bits per heavy atom. The molecule has 1 nitrogen and oxygen atoms in total. The number of hydrogen-bond donors (Lipinski definition) is 0. The summed E-state index contributed by atoms with van der Waals surface area (Å²) in [5, 5.41) is 0. The summed E-state index contributed by atoms with van der Waals surface area (Å²) in [6.07, 6.45) is 0.997. The molecule has 2 heteroatoms. The van der Waals surface area contributed by atoms with E-state index in [1.54, 1.807) is 0 Å². The Balaban J connectivity index is 2.58. The van der Waals surface area contributed by atoms with Gasteiger partial charge < -0.3 is 4.42 Å². The van der Waals surface area contributed by atoms with Crippen molar-refractivity contribution in [3.05, 3.63) is 23.7 Å². The predicted molar refractivity (Wildman–Crippen MR) is 46.8 cm³/mol. The lowest BCUT2D eigenvalue weighted by Crippen LogP contribution is -1.90. The first-order chi connectivity index (χ1) is 5.22. The molecule has 0 amide bonds. The van der Waals surface area contributed by atoms with Gasteiger partial charge in [-0.15, -0.1) is 11.6 Å². The molecular formula is C9H13ClO. The van der Waals surface area contributed by atoms with Crippen molar-refractivity contribution >= 4 is 11.6 Å². The lowest BCUT2D eigenvalue weighted by atomic mass is 10.1. The highest BCUT2D eigenvalue weighted by Gasteiger charge is 2.02. The molecule has 0 aliphatic heterocycles. The monoisotopic (exact) mass is 172 g/mol. The Morgan fingerprint density at radius 2 is 2.00 bits per heavy atom. The first kappa shape index (κ1) is 8.66. The van der Waals surface area contributed by atoms with Crippen LogP contribution in [0.5, 0.6) is 0 Å². The molecule has 0 N–H and O–H groups in total. The van der Waals surface area contributed by atoms with Crippen LogP contribution in [-0.2, 0) is 12.3 Å². The van der Waals surface area contributed by atoms with Gasteiger partial charge in [0.05, 0.1) is 5.88 Å². The number of alkyl halides is 1. The molecule has 0 saturated heterocycles. The van der Waals surface area contributed by atoms with Gasteiger partial charge >= 0.3 is 0 Å². The summed E-state index contributed by atoms with van der Waals surface area (Å²) < 4.78 is 5.41. The fourth-order valence-corrected chi connectivity index (χ4v) is 1.15. The molecule has 1 aromatic rings. The maximum Gasteiger partial charge on any atom is 0.118 e. The third kappa shape index (κ3) is 2.58. The molecule has 0 saturated carbocycles. The van der Waals surface area contributed by atoms with Gasteiger partial charge in [-0.2, -0.15) is 0 Å². The maximum atomic E-state index is 5.58. The molecule has 1 heterocycles. The van der Waals surface area contributed by atoms with Crippen molar-refractivity contribution in [2.24, 2.45) is 5.92 Å². The van der Waals surface area contributed by atoms with Crippen molar-refractivity contribution in [3.63, 3.8) is 0 Å². The van der Waals surface area contributed by atoms with Crippen LogP contribution in [0.15, 0.2) is 16.5 Å². The summed E-state index contributed by atoms with van der Waals surface area (Å²) >= 11 is 5.58. The topological polar surface area (TPSA) is 13.1 Å². The van der Waals surface area contributed by atoms with Crippen molar-refractivity contribution in [2.75, 3.05) is 0 Å². The SMILES string of the molecule is CC(C)Cc1ccc(CCl)o1. The highest BCUT2D eigenvalue weighted by Crippen LogP contribution is 2.13. The van der Waals surface area contributed by atoms with Crippen molar-refractivity contribution < 1.29 is 4.42 Å². The van der Waals surface area contributed by atoms with E-state index in [1.165, 1.54) is 0 Å². The minimum absolute atomic E-state index is 0.470. The Hall–Kier alpha value is -0.430. The lowest BCUT2D eigenvalue weighted by Gasteiger charge is -1.98. The van der Waals surface area contributed by atoms with Gasteiger partial charge in [-0.3, -0.25) is 0 Å². The largest absolute Gasteiger partial charge is 0.465 e. The van der Waals surface area contributed by atoms with Crippen LogP contribution in [0.1, 0.15) is 25.4 Å². The van der Waals surface area contributed by atoms with Crippen molar-refractivity contribution in [1.82, 2.24) is 0 Å². The summed E-state index contributed by atoms with van der Waals surface area (Å²) in [4.78, 5) is 0. The van der Waals surface area contributed by atoms with E-state index in [4.69, 9.17) is 16.0 Å². The number of rotatable bonds is 3. The molecule has 62 valence electrons. The summed E-state index contributed by atoms with van der Waals surface area (Å²) in [5.41, 5.74) is 0. The van der Waals surface area contributed by atoms with E-state index in [9.17, 15) is 0 Å². The van der Waals surface area contributed by atoms with Crippen LogP contribution >= 0.6 is 11.6 Å². The average molecular weight is 173 g/mol. The number of furan rings is 1. The maximum absolute atomic E-state index is 5.58. The Labute approximate surface area is 72.4 Å². The van der Waals surface area contributed by atoms with Gasteiger partial charge in [-0.05, 0) is 18.1 Å². The number of hydrogen-bond acceptors (Lipinski definition) is 1. The zero-order chi connectivity index (χ0) is 8.27. The van der Waals surface area contributed by atoms with Gasteiger partial charge in [0.15, 0.2) is 0 Å². The lowest BCUT2D eigenvalue weighted by molar-refractivity contribution is 0.450. The van der Waals surface area contributed by atoms with Crippen LogP contribution in [0.2, 0.25) is 0 Å². The van der Waals surface area contributed by atoms with E-state index in [0.29, 0.717) is 11.8 Å². The van der Waals surface area contributed by atoms with Crippen LogP contribution < -0.4 is 0 Å². The zero-order valence-corrected chi connectivity index (χ0v) is 7.69. The first-order valence-corrected chi connectivity index (χ1v) is 4.39. The molecular weight excluding hydrogens is 160 g/mol. The van der Waals surface area contributed by atoms with Crippen molar-refractivity contribution in [2.45, 2.75) is 26.1 Å². The minimum atomic E-state index is 0.470. The first-order valence-electron chi connectivity index (χ1n) is 3.86. The van der Waals surface area contributed by atoms with Gasteiger partial charge in [-0.25, -0.2) is 0 Å². The van der Waals surface area contributed by atoms with Crippen LogP contribution in [0.4, 0.5) is 0 Å². The summed E-state index contributed by atoms with van der Waals surface area (Å²) in [7, 11) is 0. The third-order valence-electron chi connectivity index (χ3n) is 1.46. The van der Waals surface area contributed by atoms with E-state index in [2.05, 4.69) is 13.8 Å². The van der Waals surface area contributed by atoms with Gasteiger partial charge in [0.25, 0.3) is 0 Å². The van der Waals surface area contributed by atoms with Gasteiger partial charge in [0, 0.05) is 6.42 Å². The summed E-state index contributed by atoms with van der Waals surface area (Å²) in [6.45, 7) is 4.34. The van der Waals surface area contributed by atoms with E-state index in [-0.39, 0.29) is 0 Å². The average Bonchev–Trinajstić information content (AvgIpc) is 2.34. The highest BCUT2D eigenvalue weighted by atomic mass is 35.5. The molecule has 0 spiro atoms. The molecule has 0 aliphatic carbocycles. The molecule has 0 radical (unpaired) electrons. The fraction of sp³-hybridized carbons (Fsp3) is 0.556.